The Kier molecular flexibility index (Phi) is 8.45. The van der Waals surface area contributed by atoms with Gasteiger partial charge in [-0.1, -0.05) is 6.07 Å². The van der Waals surface area contributed by atoms with Gasteiger partial charge in [-0.15, -0.1) is 0 Å². The Morgan fingerprint density at radius 3 is 2.82 bits per heavy atom. The van der Waals surface area contributed by atoms with Gasteiger partial charge in [0, 0.05) is 50.1 Å². The van der Waals surface area contributed by atoms with E-state index in [-0.39, 0.29) is 5.70 Å². The Morgan fingerprint density at radius 2 is 2.03 bits per heavy atom. The van der Waals surface area contributed by atoms with E-state index in [2.05, 4.69) is 41.2 Å². The number of carbonyl (C=O) groups is 2. The summed E-state index contributed by atoms with van der Waals surface area (Å²) in [4.78, 5) is 35.1. The molecule has 0 spiro atoms. The Labute approximate surface area is 224 Å². The summed E-state index contributed by atoms with van der Waals surface area (Å²) in [5.41, 5.74) is 1.81. The van der Waals surface area contributed by atoms with Crippen molar-refractivity contribution in [2.24, 2.45) is 0 Å². The second-order valence-corrected chi connectivity index (χ2v) is 8.75. The van der Waals surface area contributed by atoms with Gasteiger partial charge in [-0.3, -0.25) is 15.0 Å². The van der Waals surface area contributed by atoms with E-state index in [0.29, 0.717) is 49.5 Å². The molecule has 4 N–H and O–H groups in total. The molecule has 4 heterocycles. The maximum absolute atomic E-state index is 12.0. The second-order valence-electron chi connectivity index (χ2n) is 8.75. The number of benzene rings is 1. The lowest BCUT2D eigenvalue weighted by atomic mass is 10.2. The number of nitrogens with zero attached hydrogens (tertiary/aromatic N) is 5. The van der Waals surface area contributed by atoms with Crippen LogP contribution in [0.2, 0.25) is 0 Å². The van der Waals surface area contributed by atoms with Gasteiger partial charge in [0.25, 0.3) is 5.91 Å². The zero-order valence-corrected chi connectivity index (χ0v) is 21.6. The van der Waals surface area contributed by atoms with Crippen LogP contribution in [0.5, 0.6) is 5.75 Å². The van der Waals surface area contributed by atoms with Gasteiger partial charge in [0.05, 0.1) is 26.0 Å². The van der Waals surface area contributed by atoms with Gasteiger partial charge >= 0.3 is 6.03 Å². The molecule has 0 aliphatic carbocycles. The van der Waals surface area contributed by atoms with Gasteiger partial charge < -0.3 is 30.2 Å². The lowest BCUT2D eigenvalue weighted by Crippen LogP contribution is -2.38. The zero-order chi connectivity index (χ0) is 27.0. The van der Waals surface area contributed by atoms with Crippen LogP contribution in [0.3, 0.4) is 0 Å². The van der Waals surface area contributed by atoms with E-state index in [1.165, 1.54) is 10.6 Å². The number of rotatable bonds is 12. The fourth-order valence-corrected chi connectivity index (χ4v) is 4.09. The fraction of sp³-hybridized carbons (Fsp3) is 0.400. The van der Waals surface area contributed by atoms with Gasteiger partial charge in [0.2, 0.25) is 11.9 Å². The van der Waals surface area contributed by atoms with Gasteiger partial charge in [-0.25, -0.2) is 4.79 Å². The number of imide groups is 1. The molecule has 1 aromatic carbocycles. The first kappa shape index (κ1) is 26.3. The average Bonchev–Trinajstić information content (AvgIpc) is 3.49. The molecule has 0 atom stereocenters. The molecule has 0 saturated carbocycles. The van der Waals surface area contributed by atoms with E-state index in [0.717, 1.165) is 44.3 Å². The monoisotopic (exact) mass is 537 g/mol. The summed E-state index contributed by atoms with van der Waals surface area (Å²) in [7, 11) is 0. The molecule has 2 aromatic heterocycles. The second kappa shape index (κ2) is 12.5. The van der Waals surface area contributed by atoms with Crippen molar-refractivity contribution < 1.29 is 23.8 Å². The van der Waals surface area contributed by atoms with Crippen LogP contribution in [0.4, 0.5) is 22.4 Å². The molecule has 2 saturated heterocycles. The number of amides is 3. The highest BCUT2D eigenvalue weighted by Gasteiger charge is 2.24. The number of hydrogen-bond acceptors (Lipinski definition) is 11. The van der Waals surface area contributed by atoms with Gasteiger partial charge in [0.15, 0.2) is 5.65 Å². The number of carbonyl (C=O) groups excluding carboxylic acids is 2. The minimum Gasteiger partial charge on any atom is -0.492 e. The SMILES string of the molecule is CCOCCNc1nc(Nc2cccc(OCCN3CCOCC3)c2)nc2c(/C=C3\NC(=O)NC3=O)cnn12. The molecule has 206 valence electrons. The molecule has 2 aliphatic heterocycles. The standard InChI is InChI=1S/C25H31N9O5/c1-2-37-10-6-26-24-32-23(30-21-17(16-27-34(21)24)14-20-22(35)31-25(36)29-20)28-18-4-3-5-19(15-18)39-13-9-33-7-11-38-12-8-33/h3-5,14-16H,2,6-13H2,1H3,(H2,26,28,30,32)(H2,29,31,35,36)/b20-14-. The maximum atomic E-state index is 12.0. The quantitative estimate of drug-likeness (QED) is 0.150. The number of aromatic nitrogens is 4. The highest BCUT2D eigenvalue weighted by atomic mass is 16.5. The van der Waals surface area contributed by atoms with Crippen molar-refractivity contribution in [2.45, 2.75) is 6.92 Å². The van der Waals surface area contributed by atoms with E-state index >= 15 is 0 Å². The predicted octanol–water partition coefficient (Wildman–Crippen LogP) is 1.21. The Hall–Kier alpha value is -4.27. The maximum Gasteiger partial charge on any atom is 0.326 e. The average molecular weight is 538 g/mol. The summed E-state index contributed by atoms with van der Waals surface area (Å²) in [6.45, 7) is 8.25. The summed E-state index contributed by atoms with van der Waals surface area (Å²) in [5, 5.41) is 15.5. The van der Waals surface area contributed by atoms with E-state index in [4.69, 9.17) is 14.2 Å². The van der Waals surface area contributed by atoms with Crippen LogP contribution in [-0.4, -0.2) is 95.6 Å². The van der Waals surface area contributed by atoms with Gasteiger partial charge in [-0.2, -0.15) is 19.6 Å². The molecule has 2 fully saturated rings. The summed E-state index contributed by atoms with van der Waals surface area (Å²) in [5.74, 6) is 0.950. The number of urea groups is 1. The molecule has 3 aromatic rings. The minimum absolute atomic E-state index is 0.107. The van der Waals surface area contributed by atoms with Crippen molar-refractivity contribution in [3.63, 3.8) is 0 Å². The van der Waals surface area contributed by atoms with E-state index in [1.807, 2.05) is 31.2 Å². The fourth-order valence-electron chi connectivity index (χ4n) is 4.09. The number of fused-ring (bicyclic) bond motifs is 1. The molecule has 5 rings (SSSR count). The highest BCUT2D eigenvalue weighted by Crippen LogP contribution is 2.23. The molecule has 3 amide bonds. The third kappa shape index (κ3) is 6.79. The van der Waals surface area contributed by atoms with Crippen LogP contribution in [0.1, 0.15) is 12.5 Å². The zero-order valence-electron chi connectivity index (χ0n) is 21.6. The molecular weight excluding hydrogens is 506 g/mol. The Morgan fingerprint density at radius 1 is 1.15 bits per heavy atom. The number of nitrogens with one attached hydrogen (secondary N) is 4. The molecular formula is C25H31N9O5. The molecule has 0 unspecified atom stereocenters. The van der Waals surface area contributed by atoms with Crippen LogP contribution in [-0.2, 0) is 14.3 Å². The summed E-state index contributed by atoms with van der Waals surface area (Å²) in [6.07, 6.45) is 3.07. The van der Waals surface area contributed by atoms with Crippen molar-refractivity contribution >= 4 is 41.2 Å². The third-order valence-electron chi connectivity index (χ3n) is 6.02. The van der Waals surface area contributed by atoms with Crippen LogP contribution < -0.4 is 26.0 Å². The first-order chi connectivity index (χ1) is 19.1. The number of anilines is 3. The number of morpholine rings is 1. The normalized spacial score (nSPS) is 16.9. The van der Waals surface area contributed by atoms with Gasteiger partial charge in [-0.05, 0) is 25.1 Å². The van der Waals surface area contributed by atoms with Gasteiger partial charge in [0.1, 0.15) is 18.1 Å². The first-order valence-corrected chi connectivity index (χ1v) is 12.8. The molecule has 0 bridgehead atoms. The van der Waals surface area contributed by atoms with Crippen molar-refractivity contribution in [2.75, 3.05) is 69.8 Å². The third-order valence-corrected chi connectivity index (χ3v) is 6.02. The lowest BCUT2D eigenvalue weighted by molar-refractivity contribution is -0.115. The number of ether oxygens (including phenoxy) is 3. The van der Waals surface area contributed by atoms with Crippen LogP contribution in [0.25, 0.3) is 11.7 Å². The summed E-state index contributed by atoms with van der Waals surface area (Å²) < 4.78 is 18.3. The molecule has 39 heavy (non-hydrogen) atoms. The Balaban J connectivity index is 1.35. The predicted molar refractivity (Wildman–Crippen MR) is 143 cm³/mol. The van der Waals surface area contributed by atoms with Crippen LogP contribution in [0.15, 0.2) is 36.2 Å². The molecule has 0 radical (unpaired) electrons. The van der Waals surface area contributed by atoms with Crippen molar-refractivity contribution in [1.29, 1.82) is 0 Å². The van der Waals surface area contributed by atoms with E-state index in [1.54, 1.807) is 6.20 Å². The van der Waals surface area contributed by atoms with E-state index in [9.17, 15) is 9.59 Å². The minimum atomic E-state index is -0.579. The largest absolute Gasteiger partial charge is 0.492 e. The molecule has 14 nitrogen and oxygen atoms in total. The molecule has 2 aliphatic rings. The van der Waals surface area contributed by atoms with Crippen LogP contribution in [0, 0.1) is 0 Å². The number of hydrogen-bond donors (Lipinski definition) is 4. The first-order valence-electron chi connectivity index (χ1n) is 12.8. The van der Waals surface area contributed by atoms with Crippen molar-refractivity contribution in [1.82, 2.24) is 35.1 Å². The topological polar surface area (TPSA) is 156 Å². The smallest absolute Gasteiger partial charge is 0.326 e. The summed E-state index contributed by atoms with van der Waals surface area (Å²) in [6, 6.07) is 6.99. The van der Waals surface area contributed by atoms with Crippen LogP contribution >= 0.6 is 0 Å². The molecule has 14 heteroatoms. The Bertz CT molecular complexity index is 1350. The van der Waals surface area contributed by atoms with Crippen molar-refractivity contribution in [3.05, 3.63) is 41.7 Å². The lowest BCUT2D eigenvalue weighted by Gasteiger charge is -2.26. The summed E-state index contributed by atoms with van der Waals surface area (Å²) >= 11 is 0. The van der Waals surface area contributed by atoms with E-state index < -0.39 is 11.9 Å². The highest BCUT2D eigenvalue weighted by molar-refractivity contribution is 6.14. The van der Waals surface area contributed by atoms with Crippen molar-refractivity contribution in [3.8, 4) is 5.75 Å².